The van der Waals surface area contributed by atoms with Crippen LogP contribution in [0.5, 0.6) is 0 Å². The zero-order chi connectivity index (χ0) is 10.7. The Hall–Kier alpha value is -1.24. The molecule has 0 amide bonds. The van der Waals surface area contributed by atoms with Crippen LogP contribution < -0.4 is 0 Å². The molecule has 0 radical (unpaired) electrons. The molecule has 0 aromatic heterocycles. The SMILES string of the molecule is CCCC1OC(C)=CC1c1ccccc1. The van der Waals surface area contributed by atoms with Gasteiger partial charge in [0, 0.05) is 5.92 Å². The van der Waals surface area contributed by atoms with Gasteiger partial charge in [0.1, 0.15) is 6.10 Å². The van der Waals surface area contributed by atoms with Crippen molar-refractivity contribution in [2.45, 2.75) is 38.7 Å². The van der Waals surface area contributed by atoms with Crippen molar-refractivity contribution >= 4 is 0 Å². The van der Waals surface area contributed by atoms with Crippen molar-refractivity contribution in [3.63, 3.8) is 0 Å². The fourth-order valence-corrected chi connectivity index (χ4v) is 2.22. The van der Waals surface area contributed by atoms with Crippen molar-refractivity contribution in [2.75, 3.05) is 0 Å². The van der Waals surface area contributed by atoms with E-state index in [4.69, 9.17) is 4.74 Å². The highest BCUT2D eigenvalue weighted by Crippen LogP contribution is 2.34. The third-order valence-corrected chi connectivity index (χ3v) is 2.91. The summed E-state index contributed by atoms with van der Waals surface area (Å²) in [7, 11) is 0. The monoisotopic (exact) mass is 202 g/mol. The molecule has 0 bridgehead atoms. The maximum atomic E-state index is 5.83. The van der Waals surface area contributed by atoms with E-state index in [9.17, 15) is 0 Å². The van der Waals surface area contributed by atoms with Crippen LogP contribution in [0, 0.1) is 0 Å². The lowest BCUT2D eigenvalue weighted by atomic mass is 9.92. The molecule has 1 aromatic carbocycles. The first-order chi connectivity index (χ1) is 7.31. The van der Waals surface area contributed by atoms with Crippen LogP contribution >= 0.6 is 0 Å². The fraction of sp³-hybridized carbons (Fsp3) is 0.429. The summed E-state index contributed by atoms with van der Waals surface area (Å²) in [6, 6.07) is 10.6. The Morgan fingerprint density at radius 3 is 2.60 bits per heavy atom. The Morgan fingerprint density at radius 2 is 1.93 bits per heavy atom. The molecule has 2 atom stereocenters. The zero-order valence-corrected chi connectivity index (χ0v) is 9.44. The average Bonchev–Trinajstić information content (AvgIpc) is 2.62. The molecule has 80 valence electrons. The van der Waals surface area contributed by atoms with Gasteiger partial charge in [-0.1, -0.05) is 43.7 Å². The molecule has 0 spiro atoms. The minimum absolute atomic E-state index is 0.345. The van der Waals surface area contributed by atoms with Gasteiger partial charge in [-0.2, -0.15) is 0 Å². The predicted molar refractivity (Wildman–Crippen MR) is 62.7 cm³/mol. The minimum Gasteiger partial charge on any atom is -0.494 e. The van der Waals surface area contributed by atoms with Gasteiger partial charge in [0.25, 0.3) is 0 Å². The van der Waals surface area contributed by atoms with Crippen LogP contribution in [-0.2, 0) is 4.74 Å². The Balaban J connectivity index is 2.19. The molecule has 0 N–H and O–H groups in total. The molecule has 0 fully saturated rings. The Bertz CT molecular complexity index is 340. The number of hydrogen-bond donors (Lipinski definition) is 0. The molecule has 0 saturated heterocycles. The van der Waals surface area contributed by atoms with E-state index in [0.717, 1.165) is 12.2 Å². The van der Waals surface area contributed by atoms with Crippen molar-refractivity contribution in [1.82, 2.24) is 0 Å². The molecule has 1 aliphatic heterocycles. The first-order valence-corrected chi connectivity index (χ1v) is 5.71. The third-order valence-electron chi connectivity index (χ3n) is 2.91. The average molecular weight is 202 g/mol. The van der Waals surface area contributed by atoms with E-state index in [1.165, 1.54) is 12.0 Å². The number of allylic oxidation sites excluding steroid dienone is 1. The van der Waals surface area contributed by atoms with Gasteiger partial charge in [0.15, 0.2) is 0 Å². The van der Waals surface area contributed by atoms with E-state index < -0.39 is 0 Å². The molecule has 2 rings (SSSR count). The maximum absolute atomic E-state index is 5.83. The van der Waals surface area contributed by atoms with Crippen molar-refractivity contribution in [2.24, 2.45) is 0 Å². The second-order valence-electron chi connectivity index (χ2n) is 4.16. The molecule has 0 aliphatic carbocycles. The van der Waals surface area contributed by atoms with Gasteiger partial charge in [0.05, 0.1) is 5.76 Å². The zero-order valence-electron chi connectivity index (χ0n) is 9.44. The lowest BCUT2D eigenvalue weighted by Gasteiger charge is -2.18. The van der Waals surface area contributed by atoms with Crippen LogP contribution in [0.25, 0.3) is 0 Å². The smallest absolute Gasteiger partial charge is 0.109 e. The van der Waals surface area contributed by atoms with Gasteiger partial charge in [-0.15, -0.1) is 0 Å². The van der Waals surface area contributed by atoms with Crippen molar-refractivity contribution < 1.29 is 4.74 Å². The lowest BCUT2D eigenvalue weighted by Crippen LogP contribution is -2.14. The first-order valence-electron chi connectivity index (χ1n) is 5.71. The number of benzene rings is 1. The quantitative estimate of drug-likeness (QED) is 0.723. The highest BCUT2D eigenvalue weighted by Gasteiger charge is 2.27. The summed E-state index contributed by atoms with van der Waals surface area (Å²) in [5.74, 6) is 1.52. The molecule has 1 aromatic rings. The third kappa shape index (κ3) is 2.23. The molecule has 1 nitrogen and oxygen atoms in total. The topological polar surface area (TPSA) is 9.23 Å². The van der Waals surface area contributed by atoms with Crippen molar-refractivity contribution in [1.29, 1.82) is 0 Å². The molecular formula is C14H18O. The number of rotatable bonds is 3. The van der Waals surface area contributed by atoms with Gasteiger partial charge in [-0.25, -0.2) is 0 Å². The summed E-state index contributed by atoms with van der Waals surface area (Å²) < 4.78 is 5.83. The Kier molecular flexibility index (Phi) is 3.10. The fourth-order valence-electron chi connectivity index (χ4n) is 2.22. The van der Waals surface area contributed by atoms with Crippen LogP contribution in [0.15, 0.2) is 42.2 Å². The van der Waals surface area contributed by atoms with Crippen LogP contribution in [0.1, 0.15) is 38.2 Å². The highest BCUT2D eigenvalue weighted by atomic mass is 16.5. The summed E-state index contributed by atoms with van der Waals surface area (Å²) >= 11 is 0. The summed E-state index contributed by atoms with van der Waals surface area (Å²) in [4.78, 5) is 0. The van der Waals surface area contributed by atoms with Gasteiger partial charge in [-0.3, -0.25) is 0 Å². The normalized spacial score (nSPS) is 24.8. The highest BCUT2D eigenvalue weighted by molar-refractivity contribution is 5.28. The van der Waals surface area contributed by atoms with E-state index in [1.807, 2.05) is 6.92 Å². The molecule has 1 heteroatoms. The van der Waals surface area contributed by atoms with E-state index in [0.29, 0.717) is 12.0 Å². The van der Waals surface area contributed by atoms with Crippen LogP contribution in [0.2, 0.25) is 0 Å². The Morgan fingerprint density at radius 1 is 1.20 bits per heavy atom. The largest absolute Gasteiger partial charge is 0.494 e. The van der Waals surface area contributed by atoms with Crippen LogP contribution in [-0.4, -0.2) is 6.10 Å². The molecule has 1 aliphatic rings. The van der Waals surface area contributed by atoms with E-state index in [2.05, 4.69) is 43.3 Å². The van der Waals surface area contributed by atoms with E-state index >= 15 is 0 Å². The standard InChI is InChI=1S/C14H18O/c1-3-7-14-13(10-11(2)15-14)12-8-5-4-6-9-12/h4-6,8-10,13-14H,3,7H2,1-2H3. The summed E-state index contributed by atoms with van der Waals surface area (Å²) in [5.41, 5.74) is 1.37. The second kappa shape index (κ2) is 4.52. The predicted octanol–water partition coefficient (Wildman–Crippen LogP) is 3.87. The number of hydrogen-bond acceptors (Lipinski definition) is 1. The van der Waals surface area contributed by atoms with Crippen molar-refractivity contribution in [3.05, 3.63) is 47.7 Å². The van der Waals surface area contributed by atoms with Crippen LogP contribution in [0.4, 0.5) is 0 Å². The molecule has 1 heterocycles. The van der Waals surface area contributed by atoms with Gasteiger partial charge in [0.2, 0.25) is 0 Å². The summed E-state index contributed by atoms with van der Waals surface area (Å²) in [5, 5.41) is 0. The minimum atomic E-state index is 0.345. The second-order valence-corrected chi connectivity index (χ2v) is 4.16. The van der Waals surface area contributed by atoms with Gasteiger partial charge in [-0.05, 0) is 25.0 Å². The molecule has 15 heavy (non-hydrogen) atoms. The summed E-state index contributed by atoms with van der Waals surface area (Å²) in [6.07, 6.45) is 4.90. The van der Waals surface area contributed by atoms with Crippen LogP contribution in [0.3, 0.4) is 0 Å². The Labute approximate surface area is 91.8 Å². The molecule has 2 unspecified atom stereocenters. The van der Waals surface area contributed by atoms with Gasteiger partial charge >= 0.3 is 0 Å². The maximum Gasteiger partial charge on any atom is 0.109 e. The van der Waals surface area contributed by atoms with E-state index in [1.54, 1.807) is 0 Å². The first kappa shape index (κ1) is 10.3. The summed E-state index contributed by atoms with van der Waals surface area (Å²) in [6.45, 7) is 4.25. The van der Waals surface area contributed by atoms with Crippen molar-refractivity contribution in [3.8, 4) is 0 Å². The number of ether oxygens (including phenoxy) is 1. The van der Waals surface area contributed by atoms with Gasteiger partial charge < -0.3 is 4.74 Å². The molecule has 0 saturated carbocycles. The molecular weight excluding hydrogens is 184 g/mol. The lowest BCUT2D eigenvalue weighted by molar-refractivity contribution is 0.124. The van der Waals surface area contributed by atoms with E-state index in [-0.39, 0.29) is 0 Å².